The Labute approximate surface area is 152 Å². The second-order valence-corrected chi connectivity index (χ2v) is 7.29. The standard InChI is InChI=1S/C18H23ClN2O4/c19-13-3-4-15(16(22)10-13)17(23)20-8-5-14(6-9-20)21-7-1-2-12(11-21)18(24)25/h3-4,10,12,14,22H,1-2,5-9,11H2,(H,24,25)/t12-/m1/s1. The van der Waals surface area contributed by atoms with Crippen LogP contribution in [0.5, 0.6) is 5.75 Å². The summed E-state index contributed by atoms with van der Waals surface area (Å²) in [6.07, 6.45) is 3.31. The molecular formula is C18H23ClN2O4. The fraction of sp³-hybridized carbons (Fsp3) is 0.556. The van der Waals surface area contributed by atoms with E-state index >= 15 is 0 Å². The average Bonchev–Trinajstić information content (AvgIpc) is 2.61. The number of nitrogens with zero attached hydrogens (tertiary/aromatic N) is 2. The second kappa shape index (κ2) is 7.62. The van der Waals surface area contributed by atoms with Crippen LogP contribution in [0.25, 0.3) is 0 Å². The molecule has 7 heteroatoms. The van der Waals surface area contributed by atoms with Crippen LogP contribution in [0, 0.1) is 5.92 Å². The van der Waals surface area contributed by atoms with Gasteiger partial charge in [-0.05, 0) is 50.4 Å². The minimum Gasteiger partial charge on any atom is -0.507 e. The van der Waals surface area contributed by atoms with Gasteiger partial charge in [0, 0.05) is 30.7 Å². The summed E-state index contributed by atoms with van der Waals surface area (Å²) >= 11 is 5.81. The molecule has 0 unspecified atom stereocenters. The zero-order chi connectivity index (χ0) is 18.0. The van der Waals surface area contributed by atoms with E-state index in [4.69, 9.17) is 11.6 Å². The van der Waals surface area contributed by atoms with Crippen LogP contribution in [-0.2, 0) is 4.79 Å². The molecule has 0 aromatic heterocycles. The Morgan fingerprint density at radius 1 is 1.12 bits per heavy atom. The number of hydrogen-bond donors (Lipinski definition) is 2. The van der Waals surface area contributed by atoms with Crippen molar-refractivity contribution in [3.8, 4) is 5.75 Å². The van der Waals surface area contributed by atoms with Gasteiger partial charge in [-0.15, -0.1) is 0 Å². The van der Waals surface area contributed by atoms with Crippen LogP contribution < -0.4 is 0 Å². The van der Waals surface area contributed by atoms with Gasteiger partial charge in [0.15, 0.2) is 0 Å². The van der Waals surface area contributed by atoms with E-state index in [1.165, 1.54) is 6.07 Å². The Hall–Kier alpha value is -1.79. The molecule has 0 saturated carbocycles. The highest BCUT2D eigenvalue weighted by atomic mass is 35.5. The van der Waals surface area contributed by atoms with Crippen LogP contribution in [0.15, 0.2) is 18.2 Å². The third kappa shape index (κ3) is 4.07. The number of carboxylic acids is 1. The number of hydrogen-bond acceptors (Lipinski definition) is 4. The summed E-state index contributed by atoms with van der Waals surface area (Å²) in [6.45, 7) is 2.76. The summed E-state index contributed by atoms with van der Waals surface area (Å²) in [5.74, 6) is -1.27. The van der Waals surface area contributed by atoms with Crippen LogP contribution in [0.2, 0.25) is 5.02 Å². The number of carbonyl (C=O) groups is 2. The topological polar surface area (TPSA) is 81.1 Å². The number of halogens is 1. The van der Waals surface area contributed by atoms with E-state index < -0.39 is 5.97 Å². The molecule has 1 atom stereocenters. The van der Waals surface area contributed by atoms with Crippen molar-refractivity contribution in [3.63, 3.8) is 0 Å². The average molecular weight is 367 g/mol. The van der Waals surface area contributed by atoms with Crippen molar-refractivity contribution in [2.45, 2.75) is 31.7 Å². The third-order valence-electron chi connectivity index (χ3n) is 5.26. The highest BCUT2D eigenvalue weighted by Gasteiger charge is 2.32. The molecule has 136 valence electrons. The predicted molar refractivity (Wildman–Crippen MR) is 94.0 cm³/mol. The molecule has 0 aliphatic carbocycles. The summed E-state index contributed by atoms with van der Waals surface area (Å²) in [6, 6.07) is 4.85. The highest BCUT2D eigenvalue weighted by Crippen LogP contribution is 2.27. The van der Waals surface area contributed by atoms with Crippen molar-refractivity contribution in [1.29, 1.82) is 0 Å². The fourth-order valence-corrected chi connectivity index (χ4v) is 4.00. The SMILES string of the molecule is O=C(O)[C@@H]1CCCN(C2CCN(C(=O)c3ccc(Cl)cc3O)CC2)C1. The molecule has 0 spiro atoms. The quantitative estimate of drug-likeness (QED) is 0.858. The molecule has 1 aromatic rings. The molecule has 1 amide bonds. The summed E-state index contributed by atoms with van der Waals surface area (Å²) in [5, 5.41) is 19.6. The predicted octanol–water partition coefficient (Wildman–Crippen LogP) is 2.45. The number of amides is 1. The zero-order valence-corrected chi connectivity index (χ0v) is 14.8. The van der Waals surface area contributed by atoms with E-state index in [0.29, 0.717) is 30.7 Å². The molecule has 0 bridgehead atoms. The first-order valence-corrected chi connectivity index (χ1v) is 9.08. The number of carboxylic acid groups (broad SMARTS) is 1. The Bertz CT molecular complexity index is 658. The first-order chi connectivity index (χ1) is 12.0. The molecule has 0 radical (unpaired) electrons. The molecule has 2 fully saturated rings. The number of phenols is 1. The lowest BCUT2D eigenvalue weighted by atomic mass is 9.94. The lowest BCUT2D eigenvalue weighted by Gasteiger charge is -2.41. The number of rotatable bonds is 3. The number of aromatic hydroxyl groups is 1. The lowest BCUT2D eigenvalue weighted by molar-refractivity contribution is -0.144. The molecule has 3 rings (SSSR count). The van der Waals surface area contributed by atoms with E-state index in [1.807, 2.05) is 0 Å². The number of carbonyl (C=O) groups excluding carboxylic acids is 1. The molecular weight excluding hydrogens is 344 g/mol. The second-order valence-electron chi connectivity index (χ2n) is 6.86. The highest BCUT2D eigenvalue weighted by molar-refractivity contribution is 6.30. The zero-order valence-electron chi connectivity index (χ0n) is 14.0. The first-order valence-electron chi connectivity index (χ1n) is 8.70. The maximum Gasteiger partial charge on any atom is 0.307 e. The summed E-state index contributed by atoms with van der Waals surface area (Å²) in [7, 11) is 0. The van der Waals surface area contributed by atoms with Gasteiger partial charge in [-0.25, -0.2) is 0 Å². The van der Waals surface area contributed by atoms with E-state index in [-0.39, 0.29) is 23.1 Å². The van der Waals surface area contributed by atoms with Crippen molar-refractivity contribution in [2.24, 2.45) is 5.92 Å². The molecule has 2 N–H and O–H groups in total. The van der Waals surface area contributed by atoms with Gasteiger partial charge in [-0.1, -0.05) is 11.6 Å². The molecule has 2 saturated heterocycles. The van der Waals surface area contributed by atoms with Gasteiger partial charge in [0.2, 0.25) is 0 Å². The molecule has 2 heterocycles. The van der Waals surface area contributed by atoms with Gasteiger partial charge >= 0.3 is 5.97 Å². The largest absolute Gasteiger partial charge is 0.507 e. The van der Waals surface area contributed by atoms with Gasteiger partial charge in [0.05, 0.1) is 11.5 Å². The number of piperidine rings is 2. The number of benzene rings is 1. The van der Waals surface area contributed by atoms with E-state index in [9.17, 15) is 19.8 Å². The van der Waals surface area contributed by atoms with Crippen LogP contribution in [0.1, 0.15) is 36.0 Å². The summed E-state index contributed by atoms with van der Waals surface area (Å²) in [4.78, 5) is 27.8. The summed E-state index contributed by atoms with van der Waals surface area (Å²) < 4.78 is 0. The van der Waals surface area contributed by atoms with E-state index in [1.54, 1.807) is 17.0 Å². The van der Waals surface area contributed by atoms with Crippen molar-refractivity contribution >= 4 is 23.5 Å². The van der Waals surface area contributed by atoms with Crippen molar-refractivity contribution in [1.82, 2.24) is 9.80 Å². The number of aliphatic carboxylic acids is 1. The Morgan fingerprint density at radius 3 is 2.48 bits per heavy atom. The van der Waals surface area contributed by atoms with Crippen LogP contribution in [0.4, 0.5) is 0 Å². The van der Waals surface area contributed by atoms with E-state index in [2.05, 4.69) is 4.90 Å². The maximum absolute atomic E-state index is 12.6. The third-order valence-corrected chi connectivity index (χ3v) is 5.50. The van der Waals surface area contributed by atoms with Gasteiger partial charge in [0.25, 0.3) is 5.91 Å². The van der Waals surface area contributed by atoms with Gasteiger partial charge in [0.1, 0.15) is 5.75 Å². The maximum atomic E-state index is 12.6. The van der Waals surface area contributed by atoms with Gasteiger partial charge in [-0.2, -0.15) is 0 Å². The van der Waals surface area contributed by atoms with E-state index in [0.717, 1.165) is 32.2 Å². The van der Waals surface area contributed by atoms with Crippen molar-refractivity contribution in [3.05, 3.63) is 28.8 Å². The Morgan fingerprint density at radius 2 is 1.84 bits per heavy atom. The monoisotopic (exact) mass is 366 g/mol. The number of likely N-dealkylation sites (tertiary alicyclic amines) is 2. The van der Waals surface area contributed by atoms with Gasteiger partial charge in [-0.3, -0.25) is 14.5 Å². The summed E-state index contributed by atoms with van der Waals surface area (Å²) in [5.41, 5.74) is 0.270. The van der Waals surface area contributed by atoms with Gasteiger partial charge < -0.3 is 15.1 Å². The Balaban J connectivity index is 1.58. The molecule has 1 aromatic carbocycles. The minimum atomic E-state index is -0.712. The first kappa shape index (κ1) is 18.0. The molecule has 2 aliphatic heterocycles. The fourth-order valence-electron chi connectivity index (χ4n) is 3.83. The lowest BCUT2D eigenvalue weighted by Crippen LogP contribution is -2.50. The van der Waals surface area contributed by atoms with Crippen LogP contribution >= 0.6 is 11.6 Å². The Kier molecular flexibility index (Phi) is 5.49. The molecule has 25 heavy (non-hydrogen) atoms. The van der Waals surface area contributed by atoms with Crippen molar-refractivity contribution in [2.75, 3.05) is 26.2 Å². The normalized spacial score (nSPS) is 22.8. The number of phenolic OH excluding ortho intramolecular Hbond substituents is 1. The van der Waals surface area contributed by atoms with Crippen LogP contribution in [0.3, 0.4) is 0 Å². The van der Waals surface area contributed by atoms with Crippen LogP contribution in [-0.4, -0.2) is 64.1 Å². The van der Waals surface area contributed by atoms with Crippen molar-refractivity contribution < 1.29 is 19.8 Å². The smallest absolute Gasteiger partial charge is 0.307 e. The minimum absolute atomic E-state index is 0.0973. The molecule has 6 nitrogen and oxygen atoms in total. The molecule has 2 aliphatic rings.